The van der Waals surface area contributed by atoms with Gasteiger partial charge in [-0.25, -0.2) is 0 Å². The van der Waals surface area contributed by atoms with Crippen LogP contribution < -0.4 is 15.2 Å². The predicted octanol–water partition coefficient (Wildman–Crippen LogP) is 3.94. The van der Waals surface area contributed by atoms with E-state index in [0.29, 0.717) is 13.2 Å². The van der Waals surface area contributed by atoms with Crippen LogP contribution in [0.5, 0.6) is 11.5 Å². The van der Waals surface area contributed by atoms with E-state index < -0.39 is 0 Å². The van der Waals surface area contributed by atoms with Crippen LogP contribution in [0.25, 0.3) is 0 Å². The van der Waals surface area contributed by atoms with Gasteiger partial charge in [0, 0.05) is 12.5 Å². The van der Waals surface area contributed by atoms with Crippen LogP contribution in [0.1, 0.15) is 31.4 Å². The number of benzene rings is 2. The SMILES string of the molecule is CC[C@@H](N)c1ccc(OCCCOc2ccccc2)cc1. The third-order valence-electron chi connectivity index (χ3n) is 3.32. The molecular formula is C18H23NO2. The first-order valence-electron chi connectivity index (χ1n) is 7.46. The van der Waals surface area contributed by atoms with Gasteiger partial charge < -0.3 is 15.2 Å². The second-order valence-corrected chi connectivity index (χ2v) is 4.95. The summed E-state index contributed by atoms with van der Waals surface area (Å²) in [5, 5.41) is 0. The smallest absolute Gasteiger partial charge is 0.119 e. The summed E-state index contributed by atoms with van der Waals surface area (Å²) in [6.07, 6.45) is 1.79. The highest BCUT2D eigenvalue weighted by Crippen LogP contribution is 2.18. The summed E-state index contributed by atoms with van der Waals surface area (Å²) in [6.45, 7) is 3.39. The van der Waals surface area contributed by atoms with Gasteiger partial charge in [0.1, 0.15) is 11.5 Å². The lowest BCUT2D eigenvalue weighted by Gasteiger charge is -2.11. The third-order valence-corrected chi connectivity index (χ3v) is 3.32. The van der Waals surface area contributed by atoms with Crippen molar-refractivity contribution in [3.8, 4) is 11.5 Å². The van der Waals surface area contributed by atoms with E-state index >= 15 is 0 Å². The van der Waals surface area contributed by atoms with E-state index in [9.17, 15) is 0 Å². The molecule has 0 aliphatic heterocycles. The topological polar surface area (TPSA) is 44.5 Å². The largest absolute Gasteiger partial charge is 0.493 e. The highest BCUT2D eigenvalue weighted by molar-refractivity contribution is 5.29. The Balaban J connectivity index is 1.67. The Bertz CT molecular complexity index is 511. The first-order valence-corrected chi connectivity index (χ1v) is 7.46. The molecule has 2 N–H and O–H groups in total. The van der Waals surface area contributed by atoms with E-state index in [1.807, 2.05) is 54.6 Å². The maximum Gasteiger partial charge on any atom is 0.119 e. The molecule has 0 aromatic heterocycles. The monoisotopic (exact) mass is 285 g/mol. The van der Waals surface area contributed by atoms with Crippen LogP contribution >= 0.6 is 0 Å². The van der Waals surface area contributed by atoms with Crippen molar-refractivity contribution in [1.29, 1.82) is 0 Å². The molecule has 2 aromatic rings. The molecule has 0 bridgehead atoms. The molecule has 3 heteroatoms. The van der Waals surface area contributed by atoms with E-state index in [0.717, 1.165) is 29.9 Å². The summed E-state index contributed by atoms with van der Waals surface area (Å²) >= 11 is 0. The van der Waals surface area contributed by atoms with Crippen molar-refractivity contribution in [1.82, 2.24) is 0 Å². The maximum absolute atomic E-state index is 5.98. The Morgan fingerprint density at radius 1 is 0.857 bits per heavy atom. The van der Waals surface area contributed by atoms with Crippen LogP contribution in [0.4, 0.5) is 0 Å². The number of nitrogens with two attached hydrogens (primary N) is 1. The number of para-hydroxylation sites is 1. The van der Waals surface area contributed by atoms with Crippen molar-refractivity contribution in [2.45, 2.75) is 25.8 Å². The van der Waals surface area contributed by atoms with Gasteiger partial charge in [-0.05, 0) is 36.2 Å². The van der Waals surface area contributed by atoms with Crippen molar-refractivity contribution >= 4 is 0 Å². The van der Waals surface area contributed by atoms with Crippen molar-refractivity contribution in [3.05, 3.63) is 60.2 Å². The van der Waals surface area contributed by atoms with Gasteiger partial charge in [-0.1, -0.05) is 37.3 Å². The summed E-state index contributed by atoms with van der Waals surface area (Å²) in [5.74, 6) is 1.78. The van der Waals surface area contributed by atoms with Gasteiger partial charge in [0.05, 0.1) is 13.2 Å². The fourth-order valence-electron chi connectivity index (χ4n) is 2.00. The van der Waals surface area contributed by atoms with Gasteiger partial charge in [-0.2, -0.15) is 0 Å². The lowest BCUT2D eigenvalue weighted by Crippen LogP contribution is -2.08. The van der Waals surface area contributed by atoms with Crippen LogP contribution in [0.15, 0.2) is 54.6 Å². The van der Waals surface area contributed by atoms with Crippen molar-refractivity contribution in [3.63, 3.8) is 0 Å². The maximum atomic E-state index is 5.98. The Hall–Kier alpha value is -2.00. The first kappa shape index (κ1) is 15.4. The molecule has 0 radical (unpaired) electrons. The summed E-state index contributed by atoms with van der Waals surface area (Å²) in [4.78, 5) is 0. The van der Waals surface area contributed by atoms with E-state index in [4.69, 9.17) is 15.2 Å². The average Bonchev–Trinajstić information content (AvgIpc) is 2.55. The van der Waals surface area contributed by atoms with Gasteiger partial charge in [0.15, 0.2) is 0 Å². The lowest BCUT2D eigenvalue weighted by molar-refractivity contribution is 0.247. The Morgan fingerprint density at radius 3 is 2.00 bits per heavy atom. The molecule has 1 atom stereocenters. The minimum absolute atomic E-state index is 0.110. The van der Waals surface area contributed by atoms with Gasteiger partial charge in [-0.3, -0.25) is 0 Å². The molecule has 0 saturated carbocycles. The van der Waals surface area contributed by atoms with E-state index in [-0.39, 0.29) is 6.04 Å². The van der Waals surface area contributed by atoms with Crippen LogP contribution in [0.3, 0.4) is 0 Å². The number of hydrogen-bond donors (Lipinski definition) is 1. The highest BCUT2D eigenvalue weighted by Gasteiger charge is 2.02. The molecule has 0 unspecified atom stereocenters. The number of rotatable bonds is 8. The standard InChI is InChI=1S/C18H23NO2/c1-2-18(19)15-9-11-17(12-10-15)21-14-6-13-20-16-7-4-3-5-8-16/h3-5,7-12,18H,2,6,13-14,19H2,1H3/t18-/m1/s1. The molecule has 112 valence electrons. The predicted molar refractivity (Wildman–Crippen MR) is 85.7 cm³/mol. The second-order valence-electron chi connectivity index (χ2n) is 4.95. The summed E-state index contributed by atoms with van der Waals surface area (Å²) in [6, 6.07) is 17.9. The third kappa shape index (κ3) is 5.12. The number of hydrogen-bond acceptors (Lipinski definition) is 3. The van der Waals surface area contributed by atoms with E-state index in [1.54, 1.807) is 0 Å². The normalized spacial score (nSPS) is 11.9. The molecule has 0 saturated heterocycles. The summed E-state index contributed by atoms with van der Waals surface area (Å²) in [7, 11) is 0. The molecule has 0 spiro atoms. The fourth-order valence-corrected chi connectivity index (χ4v) is 2.00. The molecule has 21 heavy (non-hydrogen) atoms. The van der Waals surface area contributed by atoms with Gasteiger partial charge >= 0.3 is 0 Å². The van der Waals surface area contributed by atoms with E-state index in [1.165, 1.54) is 0 Å². The first-order chi connectivity index (χ1) is 10.3. The van der Waals surface area contributed by atoms with Crippen LogP contribution in [-0.4, -0.2) is 13.2 Å². The zero-order valence-corrected chi connectivity index (χ0v) is 12.5. The quantitative estimate of drug-likeness (QED) is 0.747. The molecule has 0 aliphatic rings. The Labute approximate surface area is 126 Å². The zero-order chi connectivity index (χ0) is 14.9. The van der Waals surface area contributed by atoms with Crippen molar-refractivity contribution in [2.75, 3.05) is 13.2 Å². The zero-order valence-electron chi connectivity index (χ0n) is 12.5. The molecule has 2 rings (SSSR count). The van der Waals surface area contributed by atoms with Gasteiger partial charge in [0.25, 0.3) is 0 Å². The summed E-state index contributed by atoms with van der Waals surface area (Å²) in [5.41, 5.74) is 7.13. The molecule has 3 nitrogen and oxygen atoms in total. The molecule has 0 heterocycles. The van der Waals surface area contributed by atoms with Crippen molar-refractivity contribution < 1.29 is 9.47 Å². The minimum atomic E-state index is 0.110. The van der Waals surface area contributed by atoms with Crippen LogP contribution in [-0.2, 0) is 0 Å². The van der Waals surface area contributed by atoms with Crippen molar-refractivity contribution in [2.24, 2.45) is 5.73 Å². The molecule has 2 aromatic carbocycles. The average molecular weight is 285 g/mol. The molecular weight excluding hydrogens is 262 g/mol. The second kappa shape index (κ2) is 8.32. The van der Waals surface area contributed by atoms with Gasteiger partial charge in [-0.15, -0.1) is 0 Å². The van der Waals surface area contributed by atoms with Crippen LogP contribution in [0, 0.1) is 0 Å². The molecule has 0 fully saturated rings. The van der Waals surface area contributed by atoms with E-state index in [2.05, 4.69) is 6.92 Å². The number of ether oxygens (including phenoxy) is 2. The molecule has 0 amide bonds. The molecule has 0 aliphatic carbocycles. The Kier molecular flexibility index (Phi) is 6.10. The fraction of sp³-hybridized carbons (Fsp3) is 0.333. The Morgan fingerprint density at radius 2 is 1.43 bits per heavy atom. The van der Waals surface area contributed by atoms with Crippen LogP contribution in [0.2, 0.25) is 0 Å². The van der Waals surface area contributed by atoms with Gasteiger partial charge in [0.2, 0.25) is 0 Å². The lowest BCUT2D eigenvalue weighted by atomic mass is 10.1. The minimum Gasteiger partial charge on any atom is -0.493 e. The highest BCUT2D eigenvalue weighted by atomic mass is 16.5. The summed E-state index contributed by atoms with van der Waals surface area (Å²) < 4.78 is 11.3.